The Hall–Kier alpha value is -1.48. The normalized spacial score (nSPS) is 12.3. The second kappa shape index (κ2) is 5.88. The Labute approximate surface area is 116 Å². The first kappa shape index (κ1) is 16.6. The molecule has 0 unspecified atom stereocenters. The van der Waals surface area contributed by atoms with Crippen LogP contribution in [0.25, 0.3) is 0 Å². The fourth-order valence-electron chi connectivity index (χ4n) is 1.43. The Morgan fingerprint density at radius 3 is 2.25 bits per heavy atom. The number of benzene rings is 1. The molecule has 20 heavy (non-hydrogen) atoms. The molecule has 0 radical (unpaired) electrons. The van der Waals surface area contributed by atoms with E-state index >= 15 is 0 Å². The predicted octanol–water partition coefficient (Wildman–Crippen LogP) is 0.483. The molecule has 1 aromatic carbocycles. The summed E-state index contributed by atoms with van der Waals surface area (Å²) in [5.41, 5.74) is -0.483. The van der Waals surface area contributed by atoms with Gasteiger partial charge in [0.1, 0.15) is 15.7 Å². The lowest BCUT2D eigenvalue weighted by Gasteiger charge is -2.05. The van der Waals surface area contributed by atoms with Crippen molar-refractivity contribution >= 4 is 25.6 Å². The second-order valence-electron chi connectivity index (χ2n) is 4.34. The van der Waals surface area contributed by atoms with Crippen molar-refractivity contribution in [2.45, 2.75) is 5.75 Å². The lowest BCUT2D eigenvalue weighted by atomic mass is 10.1. The van der Waals surface area contributed by atoms with E-state index in [2.05, 4.69) is 0 Å². The molecule has 0 aliphatic carbocycles. The van der Waals surface area contributed by atoms with Crippen LogP contribution in [-0.2, 0) is 25.4 Å². The van der Waals surface area contributed by atoms with E-state index in [0.717, 1.165) is 18.4 Å². The minimum Gasteiger partial charge on any atom is -0.478 e. The van der Waals surface area contributed by atoms with Crippen LogP contribution in [0.15, 0.2) is 18.2 Å². The van der Waals surface area contributed by atoms with Crippen LogP contribution in [0.5, 0.6) is 0 Å². The predicted molar refractivity (Wildman–Crippen MR) is 70.6 cm³/mol. The minimum atomic E-state index is -3.71. The summed E-state index contributed by atoms with van der Waals surface area (Å²) in [6, 6.07) is 2.98. The van der Waals surface area contributed by atoms with Crippen molar-refractivity contribution < 1.29 is 31.1 Å². The van der Waals surface area contributed by atoms with Gasteiger partial charge in [0.05, 0.1) is 22.8 Å². The van der Waals surface area contributed by atoms with E-state index < -0.39 is 54.3 Å². The monoisotopic (exact) mass is 324 g/mol. The van der Waals surface area contributed by atoms with E-state index in [-0.39, 0.29) is 5.56 Å². The quantitative estimate of drug-likeness (QED) is 0.816. The number of carbonyl (C=O) groups is 1. The molecule has 0 spiro atoms. The van der Waals surface area contributed by atoms with E-state index in [1.54, 1.807) is 0 Å². The van der Waals surface area contributed by atoms with E-state index in [1.165, 1.54) is 6.07 Å². The Bertz CT molecular complexity index is 721. The highest BCUT2D eigenvalue weighted by molar-refractivity contribution is 7.94. The molecule has 0 bridgehead atoms. The van der Waals surface area contributed by atoms with E-state index in [4.69, 9.17) is 5.11 Å². The number of carboxylic acids is 1. The van der Waals surface area contributed by atoms with Crippen LogP contribution in [0.3, 0.4) is 0 Å². The lowest BCUT2D eigenvalue weighted by molar-refractivity contribution is 0.0692. The summed E-state index contributed by atoms with van der Waals surface area (Å²) < 4.78 is 58.6. The number of aromatic carboxylic acids is 1. The molecule has 0 amide bonds. The number of halogens is 1. The Balaban J connectivity index is 2.88. The smallest absolute Gasteiger partial charge is 0.338 e. The Kier molecular flexibility index (Phi) is 4.87. The van der Waals surface area contributed by atoms with Gasteiger partial charge in [-0.05, 0) is 17.7 Å². The molecule has 9 heteroatoms. The van der Waals surface area contributed by atoms with Gasteiger partial charge in [0, 0.05) is 6.26 Å². The SMILES string of the molecule is CS(=O)(=O)CCS(=O)(=O)Cc1ccc(C(=O)O)c(F)c1. The first-order valence-electron chi connectivity index (χ1n) is 5.40. The summed E-state index contributed by atoms with van der Waals surface area (Å²) in [6.45, 7) is 0. The summed E-state index contributed by atoms with van der Waals surface area (Å²) in [4.78, 5) is 10.6. The molecule has 0 aliphatic heterocycles. The molecule has 0 aliphatic rings. The molecular weight excluding hydrogens is 311 g/mol. The molecule has 0 aromatic heterocycles. The fourth-order valence-corrected chi connectivity index (χ4v) is 4.48. The molecular formula is C11H13FO6S2. The van der Waals surface area contributed by atoms with Crippen LogP contribution in [-0.4, -0.2) is 45.7 Å². The third-order valence-corrected chi connectivity index (χ3v) is 5.22. The van der Waals surface area contributed by atoms with Crippen molar-refractivity contribution in [1.82, 2.24) is 0 Å². The van der Waals surface area contributed by atoms with Gasteiger partial charge in [-0.3, -0.25) is 0 Å². The number of carboxylic acid groups (broad SMARTS) is 1. The van der Waals surface area contributed by atoms with E-state index in [0.29, 0.717) is 0 Å². The van der Waals surface area contributed by atoms with Gasteiger partial charge >= 0.3 is 5.97 Å². The van der Waals surface area contributed by atoms with Crippen LogP contribution >= 0.6 is 0 Å². The van der Waals surface area contributed by atoms with Crippen molar-refractivity contribution in [2.24, 2.45) is 0 Å². The van der Waals surface area contributed by atoms with Gasteiger partial charge < -0.3 is 5.11 Å². The van der Waals surface area contributed by atoms with Crippen LogP contribution in [0.2, 0.25) is 0 Å². The van der Waals surface area contributed by atoms with Crippen LogP contribution in [0.4, 0.5) is 4.39 Å². The van der Waals surface area contributed by atoms with Crippen molar-refractivity contribution in [3.63, 3.8) is 0 Å². The zero-order valence-electron chi connectivity index (χ0n) is 10.5. The average molecular weight is 324 g/mol. The molecule has 0 heterocycles. The molecule has 0 saturated heterocycles. The van der Waals surface area contributed by atoms with Gasteiger partial charge in [0.2, 0.25) is 0 Å². The standard InChI is InChI=1S/C11H13FO6S2/c1-19(15,16)4-5-20(17,18)7-8-2-3-9(11(13)14)10(12)6-8/h2-3,6H,4-5,7H2,1H3,(H,13,14). The van der Waals surface area contributed by atoms with Gasteiger partial charge in [-0.2, -0.15) is 0 Å². The van der Waals surface area contributed by atoms with Gasteiger partial charge in [-0.25, -0.2) is 26.0 Å². The Morgan fingerprint density at radius 1 is 1.20 bits per heavy atom. The van der Waals surface area contributed by atoms with Crippen LogP contribution in [0, 0.1) is 5.82 Å². The first-order chi connectivity index (χ1) is 9.00. The third kappa shape index (κ3) is 5.25. The molecule has 112 valence electrons. The molecule has 0 fully saturated rings. The van der Waals surface area contributed by atoms with Crippen molar-refractivity contribution in [2.75, 3.05) is 17.8 Å². The zero-order valence-corrected chi connectivity index (χ0v) is 12.2. The van der Waals surface area contributed by atoms with Gasteiger partial charge in [0.15, 0.2) is 9.84 Å². The molecule has 1 rings (SSSR count). The number of sulfone groups is 2. The largest absolute Gasteiger partial charge is 0.478 e. The Morgan fingerprint density at radius 2 is 1.80 bits per heavy atom. The first-order valence-corrected chi connectivity index (χ1v) is 9.28. The van der Waals surface area contributed by atoms with Gasteiger partial charge in [0.25, 0.3) is 0 Å². The van der Waals surface area contributed by atoms with E-state index in [9.17, 15) is 26.0 Å². The maximum absolute atomic E-state index is 13.4. The second-order valence-corrected chi connectivity index (χ2v) is 8.79. The summed E-state index contributed by atoms with van der Waals surface area (Å²) >= 11 is 0. The highest BCUT2D eigenvalue weighted by atomic mass is 32.2. The van der Waals surface area contributed by atoms with Gasteiger partial charge in [-0.1, -0.05) is 6.07 Å². The molecule has 1 N–H and O–H groups in total. The zero-order chi connectivity index (χ0) is 15.6. The van der Waals surface area contributed by atoms with Crippen molar-refractivity contribution in [3.8, 4) is 0 Å². The average Bonchev–Trinajstić information content (AvgIpc) is 2.24. The maximum atomic E-state index is 13.4. The summed E-state index contributed by atoms with van der Waals surface area (Å²) in [5, 5.41) is 8.64. The molecule has 6 nitrogen and oxygen atoms in total. The van der Waals surface area contributed by atoms with Gasteiger partial charge in [-0.15, -0.1) is 0 Å². The summed E-state index contributed by atoms with van der Waals surface area (Å²) in [5.74, 6) is -4.10. The third-order valence-electron chi connectivity index (χ3n) is 2.42. The van der Waals surface area contributed by atoms with Crippen molar-refractivity contribution in [3.05, 3.63) is 35.1 Å². The number of hydrogen-bond donors (Lipinski definition) is 1. The highest BCUT2D eigenvalue weighted by Gasteiger charge is 2.17. The van der Waals surface area contributed by atoms with Crippen LogP contribution in [0.1, 0.15) is 15.9 Å². The van der Waals surface area contributed by atoms with Crippen molar-refractivity contribution in [1.29, 1.82) is 0 Å². The lowest BCUT2D eigenvalue weighted by Crippen LogP contribution is -2.17. The van der Waals surface area contributed by atoms with Crippen LogP contribution < -0.4 is 0 Å². The van der Waals surface area contributed by atoms with E-state index in [1.807, 2.05) is 0 Å². The molecule has 1 aromatic rings. The fraction of sp³-hybridized carbons (Fsp3) is 0.364. The molecule has 0 atom stereocenters. The topological polar surface area (TPSA) is 106 Å². The molecule has 0 saturated carbocycles. The summed E-state index contributed by atoms with van der Waals surface area (Å²) in [6.07, 6.45) is 0.920. The minimum absolute atomic E-state index is 0.0704. The number of rotatable bonds is 6. The maximum Gasteiger partial charge on any atom is 0.338 e. The number of hydrogen-bond acceptors (Lipinski definition) is 5. The highest BCUT2D eigenvalue weighted by Crippen LogP contribution is 2.13. The summed E-state index contributed by atoms with van der Waals surface area (Å²) in [7, 11) is -7.12.